The summed E-state index contributed by atoms with van der Waals surface area (Å²) in [4.78, 5) is 25.2. The van der Waals surface area contributed by atoms with Gasteiger partial charge < -0.3 is 0 Å². The molecule has 2 fully saturated rings. The van der Waals surface area contributed by atoms with E-state index in [0.29, 0.717) is 12.2 Å². The van der Waals surface area contributed by atoms with Gasteiger partial charge in [-0.25, -0.2) is 0 Å². The molecule has 3 aliphatic rings. The highest BCUT2D eigenvalue weighted by molar-refractivity contribution is 6.83. The lowest BCUT2D eigenvalue weighted by Gasteiger charge is -2.58. The molecule has 3 atom stereocenters. The number of hydrogen-bond acceptors (Lipinski definition) is 3. The molecule has 0 amide bonds. The molecular weight excluding hydrogens is 350 g/mol. The lowest BCUT2D eigenvalue weighted by Crippen LogP contribution is -2.54. The van der Waals surface area contributed by atoms with Crippen LogP contribution in [0.15, 0.2) is 23.3 Å². The topological polar surface area (TPSA) is 57.9 Å². The van der Waals surface area contributed by atoms with Crippen LogP contribution < -0.4 is 0 Å². The van der Waals surface area contributed by atoms with E-state index in [1.807, 2.05) is 6.08 Å². The molecule has 0 unspecified atom stereocenters. The average Bonchev–Trinajstić information content (AvgIpc) is 2.57. The van der Waals surface area contributed by atoms with E-state index < -0.39 is 18.9 Å². The third-order valence-corrected chi connectivity index (χ3v) is 7.74. The Kier molecular flexibility index (Phi) is 4.44. The van der Waals surface area contributed by atoms with Crippen molar-refractivity contribution in [2.75, 3.05) is 0 Å². The predicted molar refractivity (Wildman–Crippen MR) is 109 cm³/mol. The van der Waals surface area contributed by atoms with Gasteiger partial charge in [-0.1, -0.05) is 46.3 Å². The first-order chi connectivity index (χ1) is 12.4. The van der Waals surface area contributed by atoms with Crippen molar-refractivity contribution in [3.8, 4) is 17.5 Å². The lowest BCUT2D eigenvalue weighted by atomic mass is 9.44. The molecule has 0 aliphatic heterocycles. The van der Waals surface area contributed by atoms with Gasteiger partial charge in [0.15, 0.2) is 5.78 Å². The molecule has 0 aromatic heterocycles. The Morgan fingerprint density at radius 2 is 1.81 bits per heavy atom. The number of carbonyl (C=O) groups is 2. The van der Waals surface area contributed by atoms with Crippen molar-refractivity contribution < 1.29 is 9.59 Å². The van der Waals surface area contributed by atoms with Gasteiger partial charge in [-0.3, -0.25) is 9.59 Å². The summed E-state index contributed by atoms with van der Waals surface area (Å²) in [6.07, 6.45) is 6.48. The van der Waals surface area contributed by atoms with Crippen molar-refractivity contribution in [3.05, 3.63) is 23.3 Å². The Morgan fingerprint density at radius 3 is 2.41 bits per heavy atom. The van der Waals surface area contributed by atoms with Crippen LogP contribution in [0.1, 0.15) is 46.5 Å². The highest BCUT2D eigenvalue weighted by Crippen LogP contribution is 2.64. The van der Waals surface area contributed by atoms with Gasteiger partial charge in [0.25, 0.3) is 0 Å². The zero-order valence-corrected chi connectivity index (χ0v) is 18.3. The van der Waals surface area contributed by atoms with Gasteiger partial charge in [0.2, 0.25) is 0 Å². The zero-order valence-electron chi connectivity index (χ0n) is 17.3. The summed E-state index contributed by atoms with van der Waals surface area (Å²) in [5, 5.41) is 9.46. The highest BCUT2D eigenvalue weighted by atomic mass is 28.3. The molecule has 3 rings (SSSR count). The first-order valence-corrected chi connectivity index (χ1v) is 13.3. The third kappa shape index (κ3) is 3.05. The normalized spacial score (nSPS) is 34.9. The minimum Gasteiger partial charge on any atom is -0.299 e. The average molecular weight is 380 g/mol. The van der Waals surface area contributed by atoms with Crippen molar-refractivity contribution in [3.63, 3.8) is 0 Å². The van der Waals surface area contributed by atoms with E-state index in [4.69, 9.17) is 0 Å². The molecule has 0 aromatic rings. The number of fused-ring (bicyclic) bond motifs is 3. The number of carbonyl (C=O) groups excluding carboxylic acids is 2. The molecule has 0 bridgehead atoms. The predicted octanol–water partition coefficient (Wildman–Crippen LogP) is 4.62. The fraction of sp³-hybridized carbons (Fsp3) is 0.609. The van der Waals surface area contributed by atoms with E-state index in [1.165, 1.54) is 0 Å². The van der Waals surface area contributed by atoms with Gasteiger partial charge in [0.1, 0.15) is 19.9 Å². The van der Waals surface area contributed by atoms with Gasteiger partial charge in [0, 0.05) is 11.8 Å². The maximum atomic E-state index is 12.6. The van der Waals surface area contributed by atoms with Crippen LogP contribution in [0.3, 0.4) is 0 Å². The minimum atomic E-state index is -1.62. The van der Waals surface area contributed by atoms with Crippen LogP contribution in [-0.2, 0) is 9.59 Å². The molecule has 0 heterocycles. The van der Waals surface area contributed by atoms with Crippen molar-refractivity contribution in [1.82, 2.24) is 0 Å². The van der Waals surface area contributed by atoms with E-state index >= 15 is 0 Å². The third-order valence-electron chi connectivity index (χ3n) is 6.87. The zero-order chi connectivity index (χ0) is 20.3. The first-order valence-electron chi connectivity index (χ1n) is 9.83. The lowest BCUT2D eigenvalue weighted by molar-refractivity contribution is -0.140. The molecule has 0 radical (unpaired) electrons. The number of Topliss-reactive ketones (excluding diaryl/α,β-unsaturated/α-hetero) is 1. The second kappa shape index (κ2) is 6.04. The van der Waals surface area contributed by atoms with Gasteiger partial charge in [0.05, 0.1) is 11.0 Å². The second-order valence-electron chi connectivity index (χ2n) is 10.2. The summed E-state index contributed by atoms with van der Waals surface area (Å²) in [6, 6.07) is 2.07. The quantitative estimate of drug-likeness (QED) is 0.456. The number of allylic oxidation sites excluding steroid dienone is 4. The van der Waals surface area contributed by atoms with E-state index in [2.05, 4.69) is 57.9 Å². The van der Waals surface area contributed by atoms with Crippen LogP contribution in [0.25, 0.3) is 0 Å². The maximum absolute atomic E-state index is 12.6. The van der Waals surface area contributed by atoms with Crippen LogP contribution in [0.5, 0.6) is 0 Å². The molecule has 27 heavy (non-hydrogen) atoms. The Morgan fingerprint density at radius 1 is 1.15 bits per heavy atom. The van der Waals surface area contributed by atoms with Gasteiger partial charge >= 0.3 is 0 Å². The SMILES string of the molecule is CC1(C)C(=O)CC[C@]2(C)C3=CC(=O)C(C#N)=C[C@]3(C#C[Si](C)(C)C)CC[C@@H]12. The standard InChI is InChI=1S/C23H29NO2Si/c1-21(2)18-7-10-23(11-12-27(4,5)6)14-16(15-24)17(25)13-19(23)22(18,3)9-8-20(21)26/h13-14,18H,7-10H2,1-6H3/t18-,22-,23+/m0/s1. The molecule has 142 valence electrons. The summed E-state index contributed by atoms with van der Waals surface area (Å²) in [5.74, 6) is 3.84. The molecule has 2 saturated carbocycles. The largest absolute Gasteiger partial charge is 0.299 e. The maximum Gasteiger partial charge on any atom is 0.196 e. The summed E-state index contributed by atoms with van der Waals surface area (Å²) in [7, 11) is -1.62. The molecule has 0 aromatic carbocycles. The molecule has 3 aliphatic carbocycles. The second-order valence-corrected chi connectivity index (χ2v) is 15.0. The van der Waals surface area contributed by atoms with Gasteiger partial charge in [-0.05, 0) is 48.3 Å². The number of rotatable bonds is 0. The molecular formula is C23H29NO2Si. The molecule has 0 N–H and O–H groups in total. The van der Waals surface area contributed by atoms with E-state index in [9.17, 15) is 14.9 Å². The number of nitriles is 1. The Hall–Kier alpha value is -1.91. The highest BCUT2D eigenvalue weighted by Gasteiger charge is 2.59. The van der Waals surface area contributed by atoms with E-state index in [1.54, 1.807) is 6.08 Å². The van der Waals surface area contributed by atoms with Crippen LogP contribution in [0, 0.1) is 45.0 Å². The number of hydrogen-bond donors (Lipinski definition) is 0. The first kappa shape index (κ1) is 19.8. The number of ketones is 2. The smallest absolute Gasteiger partial charge is 0.196 e. The monoisotopic (exact) mass is 379 g/mol. The minimum absolute atomic E-state index is 0.198. The summed E-state index contributed by atoms with van der Waals surface area (Å²) in [5.41, 5.74) is 3.57. The van der Waals surface area contributed by atoms with Crippen molar-refractivity contribution in [2.24, 2.45) is 22.2 Å². The Bertz CT molecular complexity index is 884. The van der Waals surface area contributed by atoms with E-state index in [0.717, 1.165) is 24.8 Å². The van der Waals surface area contributed by atoms with Gasteiger partial charge in [-0.2, -0.15) is 5.26 Å². The number of nitrogens with zero attached hydrogens (tertiary/aromatic N) is 1. The molecule has 0 saturated heterocycles. The summed E-state index contributed by atoms with van der Waals surface area (Å²) >= 11 is 0. The van der Waals surface area contributed by atoms with Crippen LogP contribution in [0.4, 0.5) is 0 Å². The van der Waals surface area contributed by atoms with Crippen molar-refractivity contribution in [2.45, 2.75) is 66.1 Å². The Balaban J connectivity index is 2.21. The molecule has 0 spiro atoms. The molecule has 4 heteroatoms. The fourth-order valence-corrected chi connectivity index (χ4v) is 6.00. The van der Waals surface area contributed by atoms with Crippen LogP contribution in [0.2, 0.25) is 19.6 Å². The van der Waals surface area contributed by atoms with Crippen molar-refractivity contribution in [1.29, 1.82) is 5.26 Å². The van der Waals surface area contributed by atoms with Gasteiger partial charge in [-0.15, -0.1) is 5.54 Å². The Labute approximate surface area is 163 Å². The molecule has 3 nitrogen and oxygen atoms in total. The summed E-state index contributed by atoms with van der Waals surface area (Å²) < 4.78 is 0. The fourth-order valence-electron chi connectivity index (χ4n) is 5.40. The van der Waals surface area contributed by atoms with Crippen LogP contribution >= 0.6 is 0 Å². The van der Waals surface area contributed by atoms with E-state index in [-0.39, 0.29) is 22.7 Å². The van der Waals surface area contributed by atoms with Crippen molar-refractivity contribution >= 4 is 19.6 Å². The van der Waals surface area contributed by atoms with Crippen LogP contribution in [-0.4, -0.2) is 19.6 Å². The summed E-state index contributed by atoms with van der Waals surface area (Å²) in [6.45, 7) is 12.9.